The van der Waals surface area contributed by atoms with Crippen LogP contribution in [0.15, 0.2) is 30.3 Å². The van der Waals surface area contributed by atoms with Gasteiger partial charge in [0.05, 0.1) is 0 Å². The number of hydrogen-bond donors (Lipinski definition) is 0. The first kappa shape index (κ1) is 7.72. The van der Waals surface area contributed by atoms with E-state index < -0.39 is 15.1 Å². The van der Waals surface area contributed by atoms with Gasteiger partial charge in [-0.25, -0.2) is 0 Å². The van der Waals surface area contributed by atoms with Gasteiger partial charge in [0.2, 0.25) is 0 Å². The summed E-state index contributed by atoms with van der Waals surface area (Å²) in [6.45, 7) is 0. The molecule has 0 bridgehead atoms. The molecule has 0 fully saturated rings. The van der Waals surface area contributed by atoms with E-state index in [4.69, 9.17) is 0 Å². The maximum atomic E-state index is 11.9. The lowest BCUT2D eigenvalue weighted by Gasteiger charge is -1.92. The third-order valence-electron chi connectivity index (χ3n) is 1.23. The zero-order valence-corrected chi connectivity index (χ0v) is 6.58. The molecule has 0 aliphatic heterocycles. The standard InChI is InChI=1S/C7H7.Al.2FH/c1-7-5-3-2-4-6-7;;;/h2-6H,1H2;;2*1H/q;+2;;/p-2. The van der Waals surface area contributed by atoms with Crippen LogP contribution >= 0.6 is 0 Å². The van der Waals surface area contributed by atoms with E-state index in [1.54, 1.807) is 24.3 Å². The van der Waals surface area contributed by atoms with Crippen LogP contribution in [0.3, 0.4) is 0 Å². The van der Waals surface area contributed by atoms with Crippen LogP contribution in [0.25, 0.3) is 0 Å². The van der Waals surface area contributed by atoms with Gasteiger partial charge in [0.25, 0.3) is 0 Å². The van der Waals surface area contributed by atoms with Gasteiger partial charge in [-0.1, -0.05) is 35.9 Å². The Kier molecular flexibility index (Phi) is 2.86. The second-order valence-electron chi connectivity index (χ2n) is 2.08. The van der Waals surface area contributed by atoms with Crippen LogP contribution in [0.2, 0.25) is 0 Å². The summed E-state index contributed by atoms with van der Waals surface area (Å²) in [5.74, 6) is 0. The summed E-state index contributed by atoms with van der Waals surface area (Å²) in [5, 5.41) is 0.000833. The fourth-order valence-corrected chi connectivity index (χ4v) is 1.42. The highest BCUT2D eigenvalue weighted by molar-refractivity contribution is 6.42. The van der Waals surface area contributed by atoms with E-state index in [0.717, 1.165) is 5.56 Å². The molecule has 0 saturated carbocycles. The fraction of sp³-hybridized carbons (Fsp3) is 0.143. The lowest BCUT2D eigenvalue weighted by Crippen LogP contribution is -2.01. The van der Waals surface area contributed by atoms with Crippen LogP contribution < -0.4 is 0 Å². The predicted octanol–water partition coefficient (Wildman–Crippen LogP) is 2.20. The molecule has 1 rings (SSSR count). The van der Waals surface area contributed by atoms with Gasteiger partial charge in [-0.05, 0) is 5.28 Å². The van der Waals surface area contributed by atoms with Gasteiger partial charge in [0.1, 0.15) is 0 Å². The van der Waals surface area contributed by atoms with Crippen molar-refractivity contribution < 1.29 is 7.05 Å². The van der Waals surface area contributed by atoms with Crippen LogP contribution in [0, 0.1) is 0 Å². The van der Waals surface area contributed by atoms with Crippen LogP contribution in [0.1, 0.15) is 5.56 Å². The molecule has 0 aliphatic rings. The topological polar surface area (TPSA) is 0 Å². The van der Waals surface area contributed by atoms with Crippen molar-refractivity contribution >= 4 is 15.1 Å². The molecule has 1 aromatic carbocycles. The van der Waals surface area contributed by atoms with Crippen LogP contribution in [-0.4, -0.2) is 15.1 Å². The molecule has 10 heavy (non-hydrogen) atoms. The number of rotatable bonds is 2. The third kappa shape index (κ3) is 2.47. The number of benzene rings is 1. The zero-order chi connectivity index (χ0) is 7.40. The highest BCUT2D eigenvalue weighted by Gasteiger charge is 2.19. The summed E-state index contributed by atoms with van der Waals surface area (Å²) in [4.78, 5) is 0. The molecule has 0 atom stereocenters. The monoisotopic (exact) mass is 156 g/mol. The van der Waals surface area contributed by atoms with E-state index in [2.05, 4.69) is 0 Å². The molecular formula is C7H7AlF2. The normalized spacial score (nSPS) is 9.40. The lowest BCUT2D eigenvalue weighted by atomic mass is 10.2. The quantitative estimate of drug-likeness (QED) is 0.576. The maximum Gasteiger partial charge on any atom is 0.762 e. The highest BCUT2D eigenvalue weighted by Crippen LogP contribution is 2.02. The SMILES string of the molecule is [F][Al]([F])[CH2]c1ccccc1. The van der Waals surface area contributed by atoms with E-state index in [-0.39, 0.29) is 5.28 Å². The minimum atomic E-state index is -3.40. The minimum absolute atomic E-state index is 0.000833. The Morgan fingerprint density at radius 1 is 1.10 bits per heavy atom. The van der Waals surface area contributed by atoms with Crippen molar-refractivity contribution in [2.45, 2.75) is 5.28 Å². The van der Waals surface area contributed by atoms with Crippen molar-refractivity contribution in [2.24, 2.45) is 0 Å². The molecule has 0 saturated heterocycles. The van der Waals surface area contributed by atoms with Crippen molar-refractivity contribution in [1.29, 1.82) is 0 Å². The van der Waals surface area contributed by atoms with Crippen molar-refractivity contribution in [3.8, 4) is 0 Å². The van der Waals surface area contributed by atoms with E-state index >= 15 is 0 Å². The summed E-state index contributed by atoms with van der Waals surface area (Å²) in [7, 11) is 0. The average molecular weight is 156 g/mol. The van der Waals surface area contributed by atoms with Crippen LogP contribution in [0.5, 0.6) is 0 Å². The van der Waals surface area contributed by atoms with Gasteiger partial charge in [-0.2, -0.15) is 0 Å². The Morgan fingerprint density at radius 2 is 1.70 bits per heavy atom. The molecule has 0 aliphatic carbocycles. The molecule has 0 aromatic heterocycles. The molecule has 0 radical (unpaired) electrons. The third-order valence-corrected chi connectivity index (χ3v) is 2.01. The molecule has 0 N–H and O–H groups in total. The van der Waals surface area contributed by atoms with Gasteiger partial charge >= 0.3 is 15.1 Å². The number of hydrogen-bond acceptors (Lipinski definition) is 0. The summed E-state index contributed by atoms with van der Waals surface area (Å²) in [5.41, 5.74) is 0.754. The maximum absolute atomic E-state index is 11.9. The molecule has 1 aromatic rings. The first-order valence-electron chi connectivity index (χ1n) is 3.11. The molecule has 0 unspecified atom stereocenters. The Labute approximate surface area is 63.8 Å². The first-order valence-corrected chi connectivity index (χ1v) is 4.80. The van der Waals surface area contributed by atoms with Crippen molar-refractivity contribution in [2.75, 3.05) is 0 Å². The Morgan fingerprint density at radius 3 is 2.20 bits per heavy atom. The van der Waals surface area contributed by atoms with Crippen molar-refractivity contribution in [3.63, 3.8) is 0 Å². The van der Waals surface area contributed by atoms with E-state index in [1.165, 1.54) is 0 Å². The molecule has 52 valence electrons. The average Bonchev–Trinajstić information content (AvgIpc) is 1.88. The molecule has 0 amide bonds. The molecule has 0 heterocycles. The van der Waals surface area contributed by atoms with E-state index in [1.807, 2.05) is 6.07 Å². The highest BCUT2D eigenvalue weighted by atomic mass is 27.3. The molecule has 3 heteroatoms. The lowest BCUT2D eigenvalue weighted by molar-refractivity contribution is 0.654. The Hall–Kier alpha value is -0.388. The van der Waals surface area contributed by atoms with E-state index in [0.29, 0.717) is 0 Å². The largest absolute Gasteiger partial charge is 0.762 e. The summed E-state index contributed by atoms with van der Waals surface area (Å²) >= 11 is -3.40. The summed E-state index contributed by atoms with van der Waals surface area (Å²) < 4.78 is 23.7. The molecule has 0 nitrogen and oxygen atoms in total. The fourth-order valence-electron chi connectivity index (χ4n) is 0.792. The summed E-state index contributed by atoms with van der Waals surface area (Å²) in [6.07, 6.45) is 0. The Balaban J connectivity index is 2.59. The molecule has 0 spiro atoms. The van der Waals surface area contributed by atoms with Crippen LogP contribution in [-0.2, 0) is 5.28 Å². The first-order chi connectivity index (χ1) is 4.79. The van der Waals surface area contributed by atoms with Gasteiger partial charge in [0.15, 0.2) is 0 Å². The second-order valence-corrected chi connectivity index (χ2v) is 3.27. The minimum Gasteiger partial charge on any atom is -0.374 e. The molecular weight excluding hydrogens is 149 g/mol. The van der Waals surface area contributed by atoms with Crippen molar-refractivity contribution in [1.82, 2.24) is 0 Å². The second kappa shape index (κ2) is 3.70. The van der Waals surface area contributed by atoms with Gasteiger partial charge in [-0.3, -0.25) is 0 Å². The van der Waals surface area contributed by atoms with Crippen molar-refractivity contribution in [3.05, 3.63) is 35.9 Å². The van der Waals surface area contributed by atoms with E-state index in [9.17, 15) is 7.05 Å². The summed E-state index contributed by atoms with van der Waals surface area (Å²) in [6, 6.07) is 8.87. The van der Waals surface area contributed by atoms with Crippen LogP contribution in [0.4, 0.5) is 7.05 Å². The number of halogens is 2. The van der Waals surface area contributed by atoms with Gasteiger partial charge in [-0.15, -0.1) is 0 Å². The predicted molar refractivity (Wildman–Crippen MR) is 38.1 cm³/mol. The smallest absolute Gasteiger partial charge is 0.374 e. The van der Waals surface area contributed by atoms with Gasteiger partial charge < -0.3 is 7.05 Å². The Bertz CT molecular complexity index is 186. The van der Waals surface area contributed by atoms with Gasteiger partial charge in [0, 0.05) is 0 Å². The zero-order valence-electron chi connectivity index (χ0n) is 5.43.